The van der Waals surface area contributed by atoms with Crippen molar-refractivity contribution in [3.05, 3.63) is 64.7 Å². The Balaban J connectivity index is 2.01. The monoisotopic (exact) mass is 291 g/mol. The minimum absolute atomic E-state index is 0.351. The van der Waals surface area contributed by atoms with Crippen molar-refractivity contribution in [2.45, 2.75) is 12.6 Å². The first kappa shape index (κ1) is 14.4. The molecule has 20 heavy (non-hydrogen) atoms. The van der Waals surface area contributed by atoms with Crippen LogP contribution in [0.2, 0.25) is 5.02 Å². The van der Waals surface area contributed by atoms with Crippen LogP contribution < -0.4 is 10.5 Å². The van der Waals surface area contributed by atoms with E-state index in [0.29, 0.717) is 22.9 Å². The average molecular weight is 292 g/mol. The van der Waals surface area contributed by atoms with Crippen molar-refractivity contribution in [3.8, 4) is 5.75 Å². The van der Waals surface area contributed by atoms with Gasteiger partial charge in [-0.25, -0.2) is 0 Å². The highest BCUT2D eigenvalue weighted by Crippen LogP contribution is 2.20. The molecule has 3 N–H and O–H groups in total. The fourth-order valence-corrected chi connectivity index (χ4v) is 1.88. The van der Waals surface area contributed by atoms with E-state index < -0.39 is 12.0 Å². The Morgan fingerprint density at radius 2 is 1.85 bits per heavy atom. The predicted molar refractivity (Wildman–Crippen MR) is 76.8 cm³/mol. The van der Waals surface area contributed by atoms with Crippen molar-refractivity contribution in [2.24, 2.45) is 5.73 Å². The van der Waals surface area contributed by atoms with Crippen molar-refractivity contribution in [1.29, 1.82) is 0 Å². The van der Waals surface area contributed by atoms with Gasteiger partial charge in [-0.3, -0.25) is 4.79 Å². The van der Waals surface area contributed by atoms with E-state index in [1.807, 2.05) is 18.2 Å². The summed E-state index contributed by atoms with van der Waals surface area (Å²) in [6.07, 6.45) is 0. The number of aliphatic carboxylic acids is 1. The van der Waals surface area contributed by atoms with E-state index >= 15 is 0 Å². The summed E-state index contributed by atoms with van der Waals surface area (Å²) in [4.78, 5) is 10.8. The molecule has 4 nitrogen and oxygen atoms in total. The summed E-state index contributed by atoms with van der Waals surface area (Å²) >= 11 is 6.03. The smallest absolute Gasteiger partial charge is 0.325 e. The lowest BCUT2D eigenvalue weighted by Crippen LogP contribution is -2.20. The Labute approximate surface area is 121 Å². The number of carboxylic acid groups (broad SMARTS) is 1. The SMILES string of the molecule is N[C@H](C(=O)O)c1ccc(OCc2ccccc2Cl)cc1. The third-order valence-electron chi connectivity index (χ3n) is 2.86. The van der Waals surface area contributed by atoms with Crippen LogP contribution in [0.1, 0.15) is 17.2 Å². The number of halogens is 1. The molecule has 0 fully saturated rings. The highest BCUT2D eigenvalue weighted by molar-refractivity contribution is 6.31. The topological polar surface area (TPSA) is 72.6 Å². The number of carbonyl (C=O) groups is 1. The lowest BCUT2D eigenvalue weighted by Gasteiger charge is -2.10. The van der Waals surface area contributed by atoms with E-state index in [4.69, 9.17) is 27.2 Å². The minimum Gasteiger partial charge on any atom is -0.489 e. The minimum atomic E-state index is -1.06. The zero-order valence-corrected chi connectivity index (χ0v) is 11.4. The van der Waals surface area contributed by atoms with Gasteiger partial charge in [0.2, 0.25) is 0 Å². The molecule has 0 amide bonds. The summed E-state index contributed by atoms with van der Waals surface area (Å²) in [5, 5.41) is 9.47. The first-order chi connectivity index (χ1) is 9.58. The molecule has 2 aromatic rings. The maximum absolute atomic E-state index is 10.8. The number of hydrogen-bond acceptors (Lipinski definition) is 3. The van der Waals surface area contributed by atoms with Crippen LogP contribution >= 0.6 is 11.6 Å². The fraction of sp³-hybridized carbons (Fsp3) is 0.133. The zero-order chi connectivity index (χ0) is 14.5. The Hall–Kier alpha value is -2.04. The number of ether oxygens (including phenoxy) is 1. The number of carboxylic acids is 1. The molecule has 0 heterocycles. The summed E-state index contributed by atoms with van der Waals surface area (Å²) < 4.78 is 5.60. The molecule has 0 spiro atoms. The van der Waals surface area contributed by atoms with Gasteiger partial charge in [0.15, 0.2) is 0 Å². The first-order valence-electron chi connectivity index (χ1n) is 6.02. The molecule has 0 bridgehead atoms. The molecule has 0 aromatic heterocycles. The van der Waals surface area contributed by atoms with E-state index in [2.05, 4.69) is 0 Å². The van der Waals surface area contributed by atoms with E-state index in [0.717, 1.165) is 5.56 Å². The molecule has 0 aliphatic carbocycles. The van der Waals surface area contributed by atoms with Crippen LogP contribution in [0.4, 0.5) is 0 Å². The van der Waals surface area contributed by atoms with Crippen molar-refractivity contribution in [3.63, 3.8) is 0 Å². The highest BCUT2D eigenvalue weighted by Gasteiger charge is 2.13. The third-order valence-corrected chi connectivity index (χ3v) is 3.23. The molecule has 2 aromatic carbocycles. The molecule has 0 saturated carbocycles. The second-order valence-corrected chi connectivity index (χ2v) is 4.67. The maximum atomic E-state index is 10.8. The Bertz CT molecular complexity index is 598. The highest BCUT2D eigenvalue weighted by atomic mass is 35.5. The number of benzene rings is 2. The van der Waals surface area contributed by atoms with Gasteiger partial charge < -0.3 is 15.6 Å². The normalized spacial score (nSPS) is 11.9. The Morgan fingerprint density at radius 1 is 1.20 bits per heavy atom. The molecule has 0 radical (unpaired) electrons. The Kier molecular flexibility index (Phi) is 4.61. The van der Waals surface area contributed by atoms with Crippen molar-refractivity contribution >= 4 is 17.6 Å². The standard InChI is InChI=1S/C15H14ClNO3/c16-13-4-2-1-3-11(13)9-20-12-7-5-10(6-8-12)14(17)15(18)19/h1-8,14H,9,17H2,(H,18,19)/t14-/m0/s1. The van der Waals surface area contributed by atoms with Crippen molar-refractivity contribution in [1.82, 2.24) is 0 Å². The lowest BCUT2D eigenvalue weighted by atomic mass is 10.1. The molecule has 2 rings (SSSR count). The maximum Gasteiger partial charge on any atom is 0.325 e. The van der Waals surface area contributed by atoms with Crippen LogP contribution in [0.5, 0.6) is 5.75 Å². The number of nitrogens with two attached hydrogens (primary N) is 1. The molecule has 104 valence electrons. The van der Waals surface area contributed by atoms with Gasteiger partial charge in [-0.05, 0) is 23.8 Å². The second kappa shape index (κ2) is 6.41. The Morgan fingerprint density at radius 3 is 2.45 bits per heavy atom. The van der Waals surface area contributed by atoms with Crippen LogP contribution in [-0.2, 0) is 11.4 Å². The van der Waals surface area contributed by atoms with Gasteiger partial charge in [-0.2, -0.15) is 0 Å². The average Bonchev–Trinajstić information content (AvgIpc) is 2.46. The molecule has 0 saturated heterocycles. The van der Waals surface area contributed by atoms with Gasteiger partial charge >= 0.3 is 5.97 Å². The van der Waals surface area contributed by atoms with Crippen LogP contribution in [0.15, 0.2) is 48.5 Å². The van der Waals surface area contributed by atoms with E-state index in [1.54, 1.807) is 30.3 Å². The van der Waals surface area contributed by atoms with Gasteiger partial charge in [0.05, 0.1) is 0 Å². The summed E-state index contributed by atoms with van der Waals surface area (Å²) in [5.74, 6) is -0.430. The summed E-state index contributed by atoms with van der Waals surface area (Å²) in [6.45, 7) is 0.351. The van der Waals surface area contributed by atoms with E-state index in [9.17, 15) is 4.79 Å². The lowest BCUT2D eigenvalue weighted by molar-refractivity contribution is -0.138. The van der Waals surface area contributed by atoms with Crippen LogP contribution in [-0.4, -0.2) is 11.1 Å². The predicted octanol–water partition coefficient (Wildman–Crippen LogP) is 3.00. The summed E-state index contributed by atoms with van der Waals surface area (Å²) in [5.41, 5.74) is 6.93. The number of hydrogen-bond donors (Lipinski definition) is 2. The van der Waals surface area contributed by atoms with E-state index in [-0.39, 0.29) is 0 Å². The van der Waals surface area contributed by atoms with Crippen LogP contribution in [0, 0.1) is 0 Å². The third kappa shape index (κ3) is 3.50. The summed E-state index contributed by atoms with van der Waals surface area (Å²) in [7, 11) is 0. The largest absolute Gasteiger partial charge is 0.489 e. The van der Waals surface area contributed by atoms with Gasteiger partial charge in [-0.1, -0.05) is 41.9 Å². The van der Waals surface area contributed by atoms with Crippen molar-refractivity contribution < 1.29 is 14.6 Å². The molecule has 1 atom stereocenters. The van der Waals surface area contributed by atoms with Gasteiger partial charge in [0, 0.05) is 10.6 Å². The molecular weight excluding hydrogens is 278 g/mol. The van der Waals surface area contributed by atoms with E-state index in [1.165, 1.54) is 0 Å². The van der Waals surface area contributed by atoms with Crippen LogP contribution in [0.3, 0.4) is 0 Å². The molecule has 5 heteroatoms. The van der Waals surface area contributed by atoms with Gasteiger partial charge in [-0.15, -0.1) is 0 Å². The molecule has 0 aliphatic rings. The van der Waals surface area contributed by atoms with Crippen LogP contribution in [0.25, 0.3) is 0 Å². The molecule has 0 unspecified atom stereocenters. The fourth-order valence-electron chi connectivity index (χ4n) is 1.69. The zero-order valence-electron chi connectivity index (χ0n) is 10.6. The second-order valence-electron chi connectivity index (χ2n) is 4.27. The molecular formula is C15H14ClNO3. The quantitative estimate of drug-likeness (QED) is 0.888. The first-order valence-corrected chi connectivity index (χ1v) is 6.40. The molecule has 0 aliphatic heterocycles. The number of rotatable bonds is 5. The van der Waals surface area contributed by atoms with Crippen molar-refractivity contribution in [2.75, 3.05) is 0 Å². The van der Waals surface area contributed by atoms with Gasteiger partial charge in [0.1, 0.15) is 18.4 Å². The summed E-state index contributed by atoms with van der Waals surface area (Å²) in [6, 6.07) is 13.1. The van der Waals surface area contributed by atoms with Gasteiger partial charge in [0.25, 0.3) is 0 Å².